The van der Waals surface area contributed by atoms with Crippen molar-refractivity contribution in [3.8, 4) is 0 Å². The number of fused-ring (bicyclic) bond motifs is 1. The lowest BCUT2D eigenvalue weighted by Crippen LogP contribution is -2.63. The minimum absolute atomic E-state index is 0.139. The van der Waals surface area contributed by atoms with E-state index in [-0.39, 0.29) is 18.2 Å². The Labute approximate surface area is 190 Å². The van der Waals surface area contributed by atoms with Crippen LogP contribution in [-0.4, -0.2) is 42.5 Å². The van der Waals surface area contributed by atoms with Crippen LogP contribution in [0.25, 0.3) is 0 Å². The van der Waals surface area contributed by atoms with E-state index in [0.717, 1.165) is 16.9 Å². The lowest BCUT2D eigenvalue weighted by atomic mass is 9.76. The molecular weight excluding hydrogens is 404 g/mol. The molecule has 2 aromatic rings. The minimum Gasteiger partial charge on any atom is -0.376 e. The van der Waals surface area contributed by atoms with Gasteiger partial charge in [0.1, 0.15) is 11.7 Å². The first-order chi connectivity index (χ1) is 15.1. The Kier molecular flexibility index (Phi) is 5.06. The van der Waals surface area contributed by atoms with Gasteiger partial charge in [-0.2, -0.15) is 0 Å². The van der Waals surface area contributed by atoms with Crippen molar-refractivity contribution in [2.24, 2.45) is 0 Å². The quantitative estimate of drug-likeness (QED) is 0.709. The van der Waals surface area contributed by atoms with Crippen molar-refractivity contribution in [2.75, 3.05) is 23.8 Å². The van der Waals surface area contributed by atoms with Gasteiger partial charge in [0.05, 0.1) is 25.3 Å². The highest BCUT2D eigenvalue weighted by Crippen LogP contribution is 2.51. The minimum atomic E-state index is -0.705. The molecule has 0 aromatic heterocycles. The highest BCUT2D eigenvalue weighted by molar-refractivity contribution is 5.63. The first kappa shape index (κ1) is 21.7. The summed E-state index contributed by atoms with van der Waals surface area (Å²) in [4.78, 5) is 0. The molecule has 2 fully saturated rings. The molecule has 3 aliphatic rings. The Bertz CT molecular complexity index is 1020. The predicted octanol–water partition coefficient (Wildman–Crippen LogP) is 4.92. The van der Waals surface area contributed by atoms with E-state index < -0.39 is 17.2 Å². The molecule has 6 nitrogen and oxygen atoms in total. The first-order valence-corrected chi connectivity index (χ1v) is 11.4. The maximum atomic E-state index is 6.79. The second-order valence-corrected chi connectivity index (χ2v) is 10.3. The summed E-state index contributed by atoms with van der Waals surface area (Å²) in [7, 11) is 0. The summed E-state index contributed by atoms with van der Waals surface area (Å²) in [5, 5.41) is 7.57. The van der Waals surface area contributed by atoms with E-state index in [0.29, 0.717) is 13.2 Å². The fourth-order valence-corrected chi connectivity index (χ4v) is 5.27. The third-order valence-corrected chi connectivity index (χ3v) is 6.66. The molecule has 0 radical (unpaired) electrons. The maximum absolute atomic E-state index is 6.79. The molecule has 3 heterocycles. The van der Waals surface area contributed by atoms with Gasteiger partial charge in [0.15, 0.2) is 11.6 Å². The molecule has 2 N–H and O–H groups in total. The molecule has 1 spiro atoms. The fourth-order valence-electron chi connectivity index (χ4n) is 5.27. The number of benzene rings is 2. The smallest absolute Gasteiger partial charge is 0.163 e. The zero-order valence-corrected chi connectivity index (χ0v) is 19.8. The van der Waals surface area contributed by atoms with Gasteiger partial charge in [-0.25, -0.2) is 0 Å². The van der Waals surface area contributed by atoms with E-state index in [9.17, 15) is 0 Å². The monoisotopic (exact) mass is 438 g/mol. The zero-order valence-electron chi connectivity index (χ0n) is 19.8. The zero-order chi connectivity index (χ0) is 22.7. The molecule has 172 valence electrons. The summed E-state index contributed by atoms with van der Waals surface area (Å²) in [6.07, 6.45) is -0.182. The number of rotatable bonds is 3. The van der Waals surface area contributed by atoms with Crippen LogP contribution >= 0.6 is 0 Å². The standard InChI is InChI=1S/C26H34N2O4/c1-16-8-7-9-18(12-16)27-22-19-11-10-17(2)13-20(19)28-23(21-14-29-24(3,4)31-21)26(22)15-30-25(5,6)32-26/h7-13,21-23,27-28H,14-15H2,1-6H3/t21-,22-,23+,26-/m1/s1. The van der Waals surface area contributed by atoms with Gasteiger partial charge < -0.3 is 29.6 Å². The van der Waals surface area contributed by atoms with Crippen molar-refractivity contribution in [3.05, 3.63) is 59.2 Å². The Morgan fingerprint density at radius 3 is 2.38 bits per heavy atom. The second-order valence-electron chi connectivity index (χ2n) is 10.3. The fraction of sp³-hybridized carbons (Fsp3) is 0.538. The van der Waals surface area contributed by atoms with Gasteiger partial charge in [-0.15, -0.1) is 0 Å². The van der Waals surface area contributed by atoms with Gasteiger partial charge in [-0.3, -0.25) is 0 Å². The molecular formula is C26H34N2O4. The van der Waals surface area contributed by atoms with Gasteiger partial charge in [-0.1, -0.05) is 24.3 Å². The van der Waals surface area contributed by atoms with E-state index in [2.05, 4.69) is 66.9 Å². The number of hydrogen-bond donors (Lipinski definition) is 2. The molecule has 5 rings (SSSR count). The Morgan fingerprint density at radius 2 is 1.72 bits per heavy atom. The lowest BCUT2D eigenvalue weighted by Gasteiger charge is -2.49. The molecule has 0 amide bonds. The molecule has 2 saturated heterocycles. The molecule has 0 aliphatic carbocycles. The van der Waals surface area contributed by atoms with Crippen LogP contribution in [0.15, 0.2) is 42.5 Å². The average molecular weight is 439 g/mol. The van der Waals surface area contributed by atoms with Crippen LogP contribution < -0.4 is 10.6 Å². The second kappa shape index (κ2) is 7.45. The van der Waals surface area contributed by atoms with Crippen LogP contribution in [0, 0.1) is 13.8 Å². The van der Waals surface area contributed by atoms with Crippen molar-refractivity contribution in [3.63, 3.8) is 0 Å². The molecule has 6 heteroatoms. The number of anilines is 2. The molecule has 2 aromatic carbocycles. The van der Waals surface area contributed by atoms with Gasteiger partial charge in [0, 0.05) is 16.9 Å². The lowest BCUT2D eigenvalue weighted by molar-refractivity contribution is -0.183. The Morgan fingerprint density at radius 1 is 0.938 bits per heavy atom. The van der Waals surface area contributed by atoms with Crippen molar-refractivity contribution in [1.29, 1.82) is 0 Å². The third-order valence-electron chi connectivity index (χ3n) is 6.66. The van der Waals surface area contributed by atoms with Crippen LogP contribution in [0.5, 0.6) is 0 Å². The SMILES string of the molecule is Cc1cccc(N[C@@H]2c3ccc(C)cc3N[C@@H]([C@H]3COC(C)(C)O3)[C@@]23COC(C)(C)O3)c1. The van der Waals surface area contributed by atoms with Gasteiger partial charge in [-0.05, 0) is 70.9 Å². The van der Waals surface area contributed by atoms with Crippen LogP contribution in [0.2, 0.25) is 0 Å². The molecule has 0 unspecified atom stereocenters. The summed E-state index contributed by atoms with van der Waals surface area (Å²) in [5.41, 5.74) is 5.02. The molecule has 32 heavy (non-hydrogen) atoms. The number of nitrogens with one attached hydrogen (secondary N) is 2. The summed E-state index contributed by atoms with van der Waals surface area (Å²) < 4.78 is 25.3. The number of ether oxygens (including phenoxy) is 4. The van der Waals surface area contributed by atoms with Crippen molar-refractivity contribution >= 4 is 11.4 Å². The molecule has 0 saturated carbocycles. The molecule has 3 aliphatic heterocycles. The first-order valence-electron chi connectivity index (χ1n) is 11.4. The van der Waals surface area contributed by atoms with Crippen LogP contribution in [0.4, 0.5) is 11.4 Å². The summed E-state index contributed by atoms with van der Waals surface area (Å²) in [5.74, 6) is -1.33. The number of hydrogen-bond acceptors (Lipinski definition) is 6. The largest absolute Gasteiger partial charge is 0.376 e. The van der Waals surface area contributed by atoms with Crippen LogP contribution in [0.1, 0.15) is 50.4 Å². The van der Waals surface area contributed by atoms with Crippen LogP contribution in [-0.2, 0) is 18.9 Å². The topological polar surface area (TPSA) is 61.0 Å². The summed E-state index contributed by atoms with van der Waals surface area (Å²) in [6, 6.07) is 14.7. The molecule has 4 atom stereocenters. The average Bonchev–Trinajstić information content (AvgIpc) is 3.23. The highest BCUT2D eigenvalue weighted by Gasteiger charge is 2.62. The van der Waals surface area contributed by atoms with E-state index in [1.54, 1.807) is 0 Å². The summed E-state index contributed by atoms with van der Waals surface area (Å²) in [6.45, 7) is 13.0. The Hall–Kier alpha value is -2.12. The van der Waals surface area contributed by atoms with Gasteiger partial charge in [0.25, 0.3) is 0 Å². The predicted molar refractivity (Wildman–Crippen MR) is 125 cm³/mol. The number of aryl methyl sites for hydroxylation is 2. The van der Waals surface area contributed by atoms with Gasteiger partial charge in [0.2, 0.25) is 0 Å². The normalized spacial score (nSPS) is 32.5. The maximum Gasteiger partial charge on any atom is 0.163 e. The van der Waals surface area contributed by atoms with E-state index in [4.69, 9.17) is 18.9 Å². The highest BCUT2D eigenvalue weighted by atomic mass is 16.8. The van der Waals surface area contributed by atoms with E-state index in [1.165, 1.54) is 11.1 Å². The van der Waals surface area contributed by atoms with Crippen molar-refractivity contribution in [1.82, 2.24) is 0 Å². The third kappa shape index (κ3) is 3.79. The van der Waals surface area contributed by atoms with Crippen LogP contribution in [0.3, 0.4) is 0 Å². The van der Waals surface area contributed by atoms with Crippen molar-refractivity contribution in [2.45, 2.75) is 76.9 Å². The van der Waals surface area contributed by atoms with Gasteiger partial charge >= 0.3 is 0 Å². The molecule has 0 bridgehead atoms. The van der Waals surface area contributed by atoms with E-state index in [1.807, 2.05) is 27.7 Å². The summed E-state index contributed by atoms with van der Waals surface area (Å²) >= 11 is 0. The Balaban J connectivity index is 1.63. The van der Waals surface area contributed by atoms with E-state index >= 15 is 0 Å². The van der Waals surface area contributed by atoms with Crippen molar-refractivity contribution < 1.29 is 18.9 Å².